The Hall–Kier alpha value is -3.15. The van der Waals surface area contributed by atoms with Crippen molar-refractivity contribution in [3.8, 4) is 23.0 Å². The van der Waals surface area contributed by atoms with Crippen LogP contribution in [0.5, 0.6) is 23.0 Å². The maximum absolute atomic E-state index is 13.0. The third-order valence-corrected chi connectivity index (χ3v) is 5.32. The lowest BCUT2D eigenvalue weighted by Crippen LogP contribution is -2.29. The van der Waals surface area contributed by atoms with Gasteiger partial charge in [-0.15, -0.1) is 0 Å². The van der Waals surface area contributed by atoms with Gasteiger partial charge in [0.25, 0.3) is 0 Å². The van der Waals surface area contributed by atoms with Crippen molar-refractivity contribution in [2.45, 2.75) is 32.7 Å². The van der Waals surface area contributed by atoms with Crippen molar-refractivity contribution in [3.05, 3.63) is 53.6 Å². The molecule has 6 nitrogen and oxygen atoms in total. The fourth-order valence-corrected chi connectivity index (χ4v) is 3.89. The molecule has 6 heteroatoms. The topological polar surface area (TPSA) is 57.2 Å². The first-order chi connectivity index (χ1) is 15.1. The minimum absolute atomic E-state index is 0.0285. The second-order valence-electron chi connectivity index (χ2n) is 7.20. The van der Waals surface area contributed by atoms with Crippen molar-refractivity contribution in [3.63, 3.8) is 0 Å². The van der Waals surface area contributed by atoms with Crippen molar-refractivity contribution in [2.24, 2.45) is 0 Å². The Bertz CT molecular complexity index is 924. The van der Waals surface area contributed by atoms with Crippen LogP contribution in [0.2, 0.25) is 0 Å². The summed E-state index contributed by atoms with van der Waals surface area (Å²) in [6, 6.07) is 11.4. The lowest BCUT2D eigenvalue weighted by Gasteiger charge is -2.25. The molecule has 31 heavy (non-hydrogen) atoms. The van der Waals surface area contributed by atoms with Crippen LogP contribution in [0.4, 0.5) is 0 Å². The number of carbonyl (C=O) groups excluding carboxylic acids is 1. The minimum atomic E-state index is -0.0403. The fraction of sp³-hybridized carbons (Fsp3) is 0.400. The van der Waals surface area contributed by atoms with Gasteiger partial charge in [-0.2, -0.15) is 0 Å². The molecule has 2 aromatic rings. The number of rotatable bonds is 9. The van der Waals surface area contributed by atoms with Gasteiger partial charge in [-0.25, -0.2) is 0 Å². The largest absolute Gasteiger partial charge is 0.497 e. The number of ether oxygens (including phenoxy) is 4. The Kier molecular flexibility index (Phi) is 7.82. The van der Waals surface area contributed by atoms with Crippen molar-refractivity contribution in [2.75, 3.05) is 34.0 Å². The highest BCUT2D eigenvalue weighted by molar-refractivity contribution is 5.92. The fourth-order valence-electron chi connectivity index (χ4n) is 3.89. The van der Waals surface area contributed by atoms with E-state index in [0.29, 0.717) is 31.3 Å². The van der Waals surface area contributed by atoms with E-state index in [2.05, 4.69) is 0 Å². The maximum Gasteiger partial charge on any atom is 0.247 e. The van der Waals surface area contributed by atoms with E-state index in [9.17, 15) is 4.79 Å². The van der Waals surface area contributed by atoms with Gasteiger partial charge in [-0.05, 0) is 68.7 Å². The van der Waals surface area contributed by atoms with Crippen LogP contribution in [0.3, 0.4) is 0 Å². The Morgan fingerprint density at radius 2 is 1.74 bits per heavy atom. The van der Waals surface area contributed by atoms with Crippen molar-refractivity contribution in [1.29, 1.82) is 0 Å². The molecule has 2 aromatic carbocycles. The number of nitrogens with zero attached hydrogens (tertiary/aromatic N) is 1. The molecule has 1 amide bonds. The van der Waals surface area contributed by atoms with Gasteiger partial charge in [0.1, 0.15) is 11.5 Å². The second kappa shape index (κ2) is 10.8. The van der Waals surface area contributed by atoms with E-state index in [4.69, 9.17) is 18.9 Å². The Morgan fingerprint density at radius 3 is 2.45 bits per heavy atom. The van der Waals surface area contributed by atoms with E-state index in [1.165, 1.54) is 0 Å². The maximum atomic E-state index is 13.0. The van der Waals surface area contributed by atoms with Crippen LogP contribution in [0.15, 0.2) is 42.5 Å². The van der Waals surface area contributed by atoms with Gasteiger partial charge in [0.15, 0.2) is 11.5 Å². The highest BCUT2D eigenvalue weighted by Crippen LogP contribution is 2.39. The standard InChI is InChI=1S/C25H31NO5/c1-5-30-23-12-9-18(16-24(23)31-6-2)10-14-25(27)26-15-7-8-21(26)20-17-19(28-3)11-13-22(20)29-4/h9-14,16-17,21H,5-8,15H2,1-4H3/b14-10+. The average Bonchev–Trinajstić information content (AvgIpc) is 3.28. The van der Waals surface area contributed by atoms with Crippen molar-refractivity contribution in [1.82, 2.24) is 4.90 Å². The van der Waals surface area contributed by atoms with E-state index < -0.39 is 0 Å². The molecule has 1 atom stereocenters. The van der Waals surface area contributed by atoms with Crippen LogP contribution in [-0.2, 0) is 4.79 Å². The van der Waals surface area contributed by atoms with E-state index >= 15 is 0 Å². The smallest absolute Gasteiger partial charge is 0.247 e. The monoisotopic (exact) mass is 425 g/mol. The zero-order valence-electron chi connectivity index (χ0n) is 18.7. The quantitative estimate of drug-likeness (QED) is 0.536. The molecule has 0 saturated carbocycles. The van der Waals surface area contributed by atoms with Crippen molar-refractivity contribution < 1.29 is 23.7 Å². The summed E-state index contributed by atoms with van der Waals surface area (Å²) in [6.45, 7) is 5.69. The molecule has 0 N–H and O–H groups in total. The third-order valence-electron chi connectivity index (χ3n) is 5.32. The summed E-state index contributed by atoms with van der Waals surface area (Å²) in [4.78, 5) is 14.9. The van der Waals surface area contributed by atoms with Crippen LogP contribution in [-0.4, -0.2) is 44.8 Å². The molecule has 166 valence electrons. The SMILES string of the molecule is CCOc1ccc(/C=C/C(=O)N2CCCC2c2cc(OC)ccc2OC)cc1OCC. The predicted octanol–water partition coefficient (Wildman–Crippen LogP) is 4.88. The molecule has 0 bridgehead atoms. The van der Waals surface area contributed by atoms with E-state index in [0.717, 1.165) is 35.5 Å². The number of methoxy groups -OCH3 is 2. The molecule has 0 aliphatic carbocycles. The van der Waals surface area contributed by atoms with E-state index in [1.807, 2.05) is 61.2 Å². The molecule has 0 radical (unpaired) electrons. The molecular weight excluding hydrogens is 394 g/mol. The first-order valence-electron chi connectivity index (χ1n) is 10.7. The molecule has 3 rings (SSSR count). The number of hydrogen-bond acceptors (Lipinski definition) is 5. The Balaban J connectivity index is 1.80. The Labute approximate surface area is 184 Å². The van der Waals surface area contributed by atoms with Gasteiger partial charge >= 0.3 is 0 Å². The molecule has 1 unspecified atom stereocenters. The number of carbonyl (C=O) groups is 1. The molecule has 1 aliphatic rings. The summed E-state index contributed by atoms with van der Waals surface area (Å²) in [6.07, 6.45) is 5.28. The lowest BCUT2D eigenvalue weighted by atomic mass is 10.0. The predicted molar refractivity (Wildman–Crippen MR) is 121 cm³/mol. The van der Waals surface area contributed by atoms with Gasteiger partial charge in [-0.3, -0.25) is 4.79 Å². The Morgan fingerprint density at radius 1 is 1.00 bits per heavy atom. The molecule has 1 fully saturated rings. The summed E-state index contributed by atoms with van der Waals surface area (Å²) in [5, 5.41) is 0. The second-order valence-corrected chi connectivity index (χ2v) is 7.20. The van der Waals surface area contributed by atoms with Crippen LogP contribution in [0, 0.1) is 0 Å². The van der Waals surface area contributed by atoms with Crippen LogP contribution in [0.25, 0.3) is 6.08 Å². The van der Waals surface area contributed by atoms with E-state index in [-0.39, 0.29) is 11.9 Å². The van der Waals surface area contributed by atoms with Crippen molar-refractivity contribution >= 4 is 12.0 Å². The molecule has 1 aliphatic heterocycles. The highest BCUT2D eigenvalue weighted by Gasteiger charge is 2.31. The van der Waals surface area contributed by atoms with Gasteiger partial charge in [0.2, 0.25) is 5.91 Å². The molecule has 1 heterocycles. The molecule has 1 saturated heterocycles. The number of likely N-dealkylation sites (tertiary alicyclic amines) is 1. The minimum Gasteiger partial charge on any atom is -0.497 e. The summed E-state index contributed by atoms with van der Waals surface area (Å²) >= 11 is 0. The molecule has 0 aromatic heterocycles. The number of benzene rings is 2. The van der Waals surface area contributed by atoms with Gasteiger partial charge < -0.3 is 23.8 Å². The summed E-state index contributed by atoms with van der Waals surface area (Å²) in [5.74, 6) is 2.88. The first-order valence-corrected chi connectivity index (χ1v) is 10.7. The summed E-state index contributed by atoms with van der Waals surface area (Å²) < 4.78 is 22.2. The first kappa shape index (κ1) is 22.5. The zero-order chi connectivity index (χ0) is 22.2. The highest BCUT2D eigenvalue weighted by atomic mass is 16.5. The van der Waals surface area contributed by atoms with Crippen LogP contribution in [0.1, 0.15) is 43.9 Å². The van der Waals surface area contributed by atoms with Gasteiger partial charge in [-0.1, -0.05) is 6.07 Å². The lowest BCUT2D eigenvalue weighted by molar-refractivity contribution is -0.126. The zero-order valence-corrected chi connectivity index (χ0v) is 18.7. The normalized spacial score (nSPS) is 15.9. The molecule has 0 spiro atoms. The van der Waals surface area contributed by atoms with E-state index in [1.54, 1.807) is 20.3 Å². The summed E-state index contributed by atoms with van der Waals surface area (Å²) in [7, 11) is 3.29. The summed E-state index contributed by atoms with van der Waals surface area (Å²) in [5.41, 5.74) is 1.86. The average molecular weight is 426 g/mol. The number of amides is 1. The third kappa shape index (κ3) is 5.32. The number of hydrogen-bond donors (Lipinski definition) is 0. The van der Waals surface area contributed by atoms with Gasteiger partial charge in [0.05, 0.1) is 33.5 Å². The van der Waals surface area contributed by atoms with Crippen LogP contribution >= 0.6 is 0 Å². The van der Waals surface area contributed by atoms with Gasteiger partial charge in [0, 0.05) is 18.2 Å². The molecular formula is C25H31NO5. The van der Waals surface area contributed by atoms with Crippen LogP contribution < -0.4 is 18.9 Å².